The van der Waals surface area contributed by atoms with E-state index < -0.39 is 45.6 Å². The molecule has 21 heavy (non-hydrogen) atoms. The Morgan fingerprint density at radius 3 is 2.00 bits per heavy atom. The van der Waals surface area contributed by atoms with Crippen molar-refractivity contribution in [2.45, 2.75) is 12.4 Å². The highest BCUT2D eigenvalue weighted by Gasteiger charge is 2.49. The van der Waals surface area contributed by atoms with Crippen LogP contribution in [0, 0.1) is 10.1 Å². The van der Waals surface area contributed by atoms with Crippen LogP contribution in [-0.4, -0.2) is 18.0 Å². The van der Waals surface area contributed by atoms with Gasteiger partial charge in [-0.1, -0.05) is 0 Å². The van der Waals surface area contributed by atoms with E-state index in [0.29, 0.717) is 0 Å². The van der Waals surface area contributed by atoms with Gasteiger partial charge in [-0.05, 0) is 6.07 Å². The molecule has 0 spiro atoms. The van der Waals surface area contributed by atoms with Gasteiger partial charge in [0, 0.05) is 6.07 Å². The lowest BCUT2D eigenvalue weighted by Crippen LogP contribution is -2.20. The lowest BCUT2D eigenvalue weighted by molar-refractivity contribution is -0.388. The van der Waals surface area contributed by atoms with Gasteiger partial charge in [0.15, 0.2) is 0 Å². The zero-order valence-corrected chi connectivity index (χ0v) is 10.0. The number of nitrogens with zero attached hydrogens (tertiary/aromatic N) is 1. The van der Waals surface area contributed by atoms with Crippen molar-refractivity contribution in [3.8, 4) is 0 Å². The van der Waals surface area contributed by atoms with Gasteiger partial charge in [-0.3, -0.25) is 10.1 Å². The highest BCUT2D eigenvalue weighted by molar-refractivity contribution is 5.90. The largest absolute Gasteiger partial charge is 0.465 e. The number of carbonyl (C=O) groups excluding carboxylic acids is 1. The minimum atomic E-state index is -5.62. The van der Waals surface area contributed by atoms with E-state index in [-0.39, 0.29) is 12.1 Å². The van der Waals surface area contributed by atoms with Gasteiger partial charge in [0.25, 0.3) is 5.69 Å². The minimum absolute atomic E-state index is 0.0872. The highest BCUT2D eigenvalue weighted by Crippen LogP contribution is 2.45. The molecule has 0 amide bonds. The molecule has 0 aromatic heterocycles. The number of benzene rings is 1. The number of hydrogen-bond acceptors (Lipinski definition) is 4. The molecule has 0 aliphatic carbocycles. The third-order valence-electron chi connectivity index (χ3n) is 2.32. The molecule has 0 radical (unpaired) electrons. The number of rotatable bonds is 2. The zero-order valence-electron chi connectivity index (χ0n) is 10.0. The van der Waals surface area contributed by atoms with E-state index in [0.717, 1.165) is 7.11 Å². The van der Waals surface area contributed by atoms with Gasteiger partial charge >= 0.3 is 18.3 Å². The van der Waals surface area contributed by atoms with E-state index in [9.17, 15) is 41.3 Å². The van der Waals surface area contributed by atoms with Crippen molar-refractivity contribution < 1.29 is 40.8 Å². The quantitative estimate of drug-likeness (QED) is 0.363. The summed E-state index contributed by atoms with van der Waals surface area (Å²) < 4.78 is 80.2. The number of alkyl halides is 6. The van der Waals surface area contributed by atoms with E-state index in [1.54, 1.807) is 0 Å². The lowest BCUT2D eigenvalue weighted by Gasteiger charge is -2.16. The summed E-state index contributed by atoms with van der Waals surface area (Å²) >= 11 is 0. The number of carbonyl (C=O) groups is 1. The molecule has 11 heteroatoms. The molecule has 5 nitrogen and oxygen atoms in total. The molecule has 0 aliphatic heterocycles. The average Bonchev–Trinajstić information content (AvgIpc) is 2.33. The number of nitro groups is 1. The Kier molecular flexibility index (Phi) is 4.16. The molecule has 1 aromatic carbocycles. The SMILES string of the molecule is COC(=O)c1cc([N+](=O)[O-])c(C(F)(F)F)c(C(F)(F)F)c1. The van der Waals surface area contributed by atoms with E-state index in [4.69, 9.17) is 0 Å². The maximum absolute atomic E-state index is 12.7. The maximum Gasteiger partial charge on any atom is 0.423 e. The Morgan fingerprint density at radius 2 is 1.67 bits per heavy atom. The summed E-state index contributed by atoms with van der Waals surface area (Å²) in [6.07, 6.45) is -11.2. The number of nitro benzene ring substituents is 1. The van der Waals surface area contributed by atoms with Gasteiger partial charge in [0.1, 0.15) is 5.56 Å². The first-order valence-corrected chi connectivity index (χ1v) is 4.94. The van der Waals surface area contributed by atoms with Crippen molar-refractivity contribution in [1.82, 2.24) is 0 Å². The van der Waals surface area contributed by atoms with Gasteiger partial charge in [0.05, 0.1) is 23.2 Å². The third-order valence-corrected chi connectivity index (χ3v) is 2.32. The predicted octanol–water partition coefficient (Wildman–Crippen LogP) is 3.42. The van der Waals surface area contributed by atoms with Crippen molar-refractivity contribution in [3.05, 3.63) is 38.9 Å². The van der Waals surface area contributed by atoms with Crippen LogP contribution >= 0.6 is 0 Å². The number of ether oxygens (including phenoxy) is 1. The van der Waals surface area contributed by atoms with Crippen LogP contribution in [0.25, 0.3) is 0 Å². The van der Waals surface area contributed by atoms with Crippen LogP contribution in [-0.2, 0) is 17.1 Å². The summed E-state index contributed by atoms with van der Waals surface area (Å²) in [4.78, 5) is 20.1. The van der Waals surface area contributed by atoms with Crippen molar-refractivity contribution >= 4 is 11.7 Å². The summed E-state index contributed by atoms with van der Waals surface area (Å²) in [5, 5.41) is 10.6. The second-order valence-electron chi connectivity index (χ2n) is 3.66. The number of esters is 1. The Morgan fingerprint density at radius 1 is 1.14 bits per heavy atom. The summed E-state index contributed by atoms with van der Waals surface area (Å²) in [6.45, 7) is 0. The van der Waals surface area contributed by atoms with Crippen molar-refractivity contribution in [1.29, 1.82) is 0 Å². The number of hydrogen-bond donors (Lipinski definition) is 0. The lowest BCUT2D eigenvalue weighted by atomic mass is 10.0. The smallest absolute Gasteiger partial charge is 0.423 e. The average molecular weight is 317 g/mol. The Bertz CT molecular complexity index is 592. The fourth-order valence-electron chi connectivity index (χ4n) is 1.53. The van der Waals surface area contributed by atoms with Crippen LogP contribution in [0.3, 0.4) is 0 Å². The van der Waals surface area contributed by atoms with Crippen LogP contribution in [0.15, 0.2) is 12.1 Å². The van der Waals surface area contributed by atoms with E-state index in [1.165, 1.54) is 0 Å². The molecule has 0 saturated carbocycles. The molecule has 0 saturated heterocycles. The normalized spacial score (nSPS) is 12.1. The van der Waals surface area contributed by atoms with E-state index in [2.05, 4.69) is 4.74 Å². The Hall–Kier alpha value is -2.33. The van der Waals surface area contributed by atoms with Gasteiger partial charge < -0.3 is 4.74 Å². The maximum atomic E-state index is 12.7. The van der Waals surface area contributed by atoms with Gasteiger partial charge in [-0.2, -0.15) is 26.3 Å². The number of halogens is 6. The number of methoxy groups -OCH3 is 1. The van der Waals surface area contributed by atoms with Crippen LogP contribution in [0.5, 0.6) is 0 Å². The highest BCUT2D eigenvalue weighted by atomic mass is 19.4. The molecule has 0 aliphatic rings. The molecular weight excluding hydrogens is 312 g/mol. The second kappa shape index (κ2) is 5.22. The zero-order chi connectivity index (χ0) is 16.6. The van der Waals surface area contributed by atoms with Crippen molar-refractivity contribution in [3.63, 3.8) is 0 Å². The van der Waals surface area contributed by atoms with Gasteiger partial charge in [-0.25, -0.2) is 4.79 Å². The fraction of sp³-hybridized carbons (Fsp3) is 0.300. The summed E-state index contributed by atoms with van der Waals surface area (Å²) in [7, 11) is 0.763. The summed E-state index contributed by atoms with van der Waals surface area (Å²) in [5.41, 5.74) is -7.68. The molecule has 0 fully saturated rings. The Balaban J connectivity index is 3.84. The summed E-state index contributed by atoms with van der Waals surface area (Å²) in [5.74, 6) is -1.43. The van der Waals surface area contributed by atoms with E-state index >= 15 is 0 Å². The van der Waals surface area contributed by atoms with Crippen molar-refractivity contribution in [2.75, 3.05) is 7.11 Å². The standard InChI is InChI=1S/C10H5F6NO4/c1-21-8(18)4-2-5(9(11,12)13)7(10(14,15)16)6(3-4)17(19)20/h2-3H,1H3. The first-order chi connectivity index (χ1) is 9.39. The van der Waals surface area contributed by atoms with Crippen LogP contribution < -0.4 is 0 Å². The topological polar surface area (TPSA) is 69.4 Å². The van der Waals surface area contributed by atoms with Crippen LogP contribution in [0.1, 0.15) is 21.5 Å². The first kappa shape index (κ1) is 16.7. The van der Waals surface area contributed by atoms with Crippen LogP contribution in [0.2, 0.25) is 0 Å². The fourth-order valence-corrected chi connectivity index (χ4v) is 1.53. The Labute approximate surface area is 112 Å². The monoisotopic (exact) mass is 317 g/mol. The van der Waals surface area contributed by atoms with Crippen LogP contribution in [0.4, 0.5) is 32.0 Å². The molecule has 116 valence electrons. The van der Waals surface area contributed by atoms with E-state index in [1.807, 2.05) is 0 Å². The molecule has 0 atom stereocenters. The molecule has 0 bridgehead atoms. The molecule has 0 unspecified atom stereocenters. The molecular formula is C10H5F6NO4. The van der Waals surface area contributed by atoms with Crippen molar-refractivity contribution in [2.24, 2.45) is 0 Å². The van der Waals surface area contributed by atoms with Gasteiger partial charge in [-0.15, -0.1) is 0 Å². The predicted molar refractivity (Wildman–Crippen MR) is 54.4 cm³/mol. The third kappa shape index (κ3) is 3.41. The summed E-state index contributed by atoms with van der Waals surface area (Å²) in [6, 6.07) is -0.0500. The molecule has 0 heterocycles. The first-order valence-electron chi connectivity index (χ1n) is 4.94. The molecule has 1 aromatic rings. The van der Waals surface area contributed by atoms with Gasteiger partial charge in [0.2, 0.25) is 0 Å². The second-order valence-corrected chi connectivity index (χ2v) is 3.66. The minimum Gasteiger partial charge on any atom is -0.465 e. The molecule has 0 N–H and O–H groups in total. The molecule has 1 rings (SSSR count).